The van der Waals surface area contributed by atoms with Crippen molar-refractivity contribution >= 4 is 17.5 Å². The fraction of sp³-hybridized carbons (Fsp3) is 0.118. The molecule has 0 aliphatic heterocycles. The summed E-state index contributed by atoms with van der Waals surface area (Å²) in [7, 11) is 0. The number of hydrazine groups is 1. The summed E-state index contributed by atoms with van der Waals surface area (Å²) in [4.78, 5) is 19.5. The van der Waals surface area contributed by atoms with E-state index >= 15 is 0 Å². The summed E-state index contributed by atoms with van der Waals surface area (Å²) in [5.41, 5.74) is 5.38. The minimum atomic E-state index is -0.451. The van der Waals surface area contributed by atoms with Gasteiger partial charge in [-0.2, -0.15) is 9.97 Å². The Kier molecular flexibility index (Phi) is 4.59. The SMILES string of the molecule is C1=CC2=CC=C1C2.Cc1nc(NN)nc(=O)n1-c1ccc(Cl)cc1. The average Bonchev–Trinajstić information content (AvgIpc) is 3.22. The van der Waals surface area contributed by atoms with E-state index in [-0.39, 0.29) is 5.95 Å². The fourth-order valence-electron chi connectivity index (χ4n) is 2.47. The van der Waals surface area contributed by atoms with Crippen molar-refractivity contribution in [3.05, 3.63) is 81.0 Å². The molecule has 2 aliphatic rings. The fourth-order valence-corrected chi connectivity index (χ4v) is 2.60. The topological polar surface area (TPSA) is 85.8 Å². The molecule has 0 unspecified atom stereocenters. The number of benzene rings is 1. The molecule has 0 amide bonds. The Bertz CT molecular complexity index is 890. The highest BCUT2D eigenvalue weighted by Gasteiger charge is 2.08. The quantitative estimate of drug-likeness (QED) is 0.648. The van der Waals surface area contributed by atoms with Gasteiger partial charge < -0.3 is 0 Å². The molecule has 0 saturated heterocycles. The van der Waals surface area contributed by atoms with Gasteiger partial charge >= 0.3 is 5.69 Å². The highest BCUT2D eigenvalue weighted by Crippen LogP contribution is 2.27. The Morgan fingerprint density at radius 3 is 2.17 bits per heavy atom. The molecule has 1 aromatic carbocycles. The van der Waals surface area contributed by atoms with Crippen molar-refractivity contribution in [3.63, 3.8) is 0 Å². The van der Waals surface area contributed by atoms with Crippen LogP contribution in [0, 0.1) is 6.92 Å². The molecule has 2 aliphatic carbocycles. The molecular weight excluding hydrogens is 326 g/mol. The lowest BCUT2D eigenvalue weighted by Gasteiger charge is -2.09. The number of nitrogens with two attached hydrogens (primary N) is 1. The summed E-state index contributed by atoms with van der Waals surface area (Å²) in [6, 6.07) is 6.82. The van der Waals surface area contributed by atoms with Crippen molar-refractivity contribution < 1.29 is 0 Å². The molecule has 3 N–H and O–H groups in total. The number of nitrogens with one attached hydrogen (secondary N) is 1. The number of aryl methyl sites for hydroxylation is 1. The second kappa shape index (κ2) is 6.82. The van der Waals surface area contributed by atoms with E-state index in [1.165, 1.54) is 22.1 Å². The van der Waals surface area contributed by atoms with Crippen LogP contribution in [0.15, 0.2) is 64.5 Å². The van der Waals surface area contributed by atoms with Crippen LogP contribution in [0.2, 0.25) is 5.02 Å². The molecule has 7 heteroatoms. The van der Waals surface area contributed by atoms with E-state index in [4.69, 9.17) is 17.4 Å². The molecular formula is C17H16ClN5O. The van der Waals surface area contributed by atoms with Crippen molar-refractivity contribution in [2.75, 3.05) is 5.43 Å². The van der Waals surface area contributed by atoms with Crippen LogP contribution in [0.4, 0.5) is 5.95 Å². The largest absolute Gasteiger partial charge is 0.356 e. The third-order valence-electron chi connectivity index (χ3n) is 3.63. The monoisotopic (exact) mass is 341 g/mol. The predicted molar refractivity (Wildman–Crippen MR) is 95.1 cm³/mol. The van der Waals surface area contributed by atoms with Gasteiger partial charge in [0.1, 0.15) is 5.82 Å². The van der Waals surface area contributed by atoms with Crippen molar-refractivity contribution in [2.45, 2.75) is 13.3 Å². The zero-order valence-corrected chi connectivity index (χ0v) is 13.8. The van der Waals surface area contributed by atoms with Gasteiger partial charge in [0.15, 0.2) is 0 Å². The Morgan fingerprint density at radius 2 is 1.75 bits per heavy atom. The first kappa shape index (κ1) is 16.2. The van der Waals surface area contributed by atoms with E-state index in [0.29, 0.717) is 16.5 Å². The second-order valence-corrected chi connectivity index (χ2v) is 5.76. The predicted octanol–water partition coefficient (Wildman–Crippen LogP) is 2.69. The van der Waals surface area contributed by atoms with Crippen LogP contribution < -0.4 is 17.0 Å². The Labute approximate surface area is 144 Å². The molecule has 1 heterocycles. The van der Waals surface area contributed by atoms with Crippen LogP contribution in [-0.2, 0) is 0 Å². The number of allylic oxidation sites excluding steroid dienone is 6. The maximum atomic E-state index is 11.8. The lowest BCUT2D eigenvalue weighted by Crippen LogP contribution is -2.27. The highest BCUT2D eigenvalue weighted by atomic mass is 35.5. The molecule has 122 valence electrons. The number of nitrogen functional groups attached to an aromatic ring is 1. The van der Waals surface area contributed by atoms with E-state index in [0.717, 1.165) is 0 Å². The van der Waals surface area contributed by atoms with Gasteiger partial charge in [-0.3, -0.25) is 5.43 Å². The molecule has 24 heavy (non-hydrogen) atoms. The number of hydrogen-bond donors (Lipinski definition) is 2. The molecule has 6 nitrogen and oxygen atoms in total. The summed E-state index contributed by atoms with van der Waals surface area (Å²) in [5.74, 6) is 5.74. The molecule has 0 fully saturated rings. The minimum Gasteiger partial charge on any atom is -0.292 e. The van der Waals surface area contributed by atoms with Gasteiger partial charge in [0.2, 0.25) is 5.95 Å². The molecule has 0 atom stereocenters. The molecule has 0 radical (unpaired) electrons. The number of fused-ring (bicyclic) bond motifs is 2. The van der Waals surface area contributed by atoms with E-state index in [9.17, 15) is 4.79 Å². The number of halogens is 1. The number of nitrogens with zero attached hydrogens (tertiary/aromatic N) is 3. The van der Waals surface area contributed by atoms with E-state index < -0.39 is 5.69 Å². The summed E-state index contributed by atoms with van der Waals surface area (Å²) in [6.45, 7) is 1.69. The molecule has 1 aromatic heterocycles. The molecule has 2 aromatic rings. The number of aromatic nitrogens is 3. The smallest absolute Gasteiger partial charge is 0.292 e. The molecule has 4 rings (SSSR count). The lowest BCUT2D eigenvalue weighted by molar-refractivity contribution is 0.811. The third-order valence-corrected chi connectivity index (χ3v) is 3.88. The van der Waals surface area contributed by atoms with Gasteiger partial charge in [0.25, 0.3) is 0 Å². The van der Waals surface area contributed by atoms with Gasteiger partial charge in [-0.25, -0.2) is 15.2 Å². The number of rotatable bonds is 2. The first-order valence-corrected chi connectivity index (χ1v) is 7.72. The molecule has 0 spiro atoms. The minimum absolute atomic E-state index is 0.0951. The first-order valence-electron chi connectivity index (χ1n) is 7.35. The lowest BCUT2D eigenvalue weighted by atomic mass is 10.3. The highest BCUT2D eigenvalue weighted by molar-refractivity contribution is 6.30. The van der Waals surface area contributed by atoms with Crippen molar-refractivity contribution in [1.82, 2.24) is 14.5 Å². The maximum absolute atomic E-state index is 11.8. The molecule has 2 bridgehead atoms. The van der Waals surface area contributed by atoms with Crippen LogP contribution in [0.1, 0.15) is 12.2 Å². The second-order valence-electron chi connectivity index (χ2n) is 5.33. The van der Waals surface area contributed by atoms with Crippen LogP contribution in [0.5, 0.6) is 0 Å². The van der Waals surface area contributed by atoms with Crippen LogP contribution in [-0.4, -0.2) is 14.5 Å². The summed E-state index contributed by atoms with van der Waals surface area (Å²) < 4.78 is 1.37. The van der Waals surface area contributed by atoms with E-state index in [1.54, 1.807) is 31.2 Å². The standard InChI is InChI=1S/C10H10ClN5O.C7H6/c1-6-13-9(15-12)14-10(17)16(6)8-4-2-7(11)3-5-8;1-2-7-4-3-6(1)5-7/h2-5H,12H2,1H3,(H,14,15,17);1-4H,5H2. The Balaban J connectivity index is 0.000000198. The number of anilines is 1. The molecule has 0 saturated carbocycles. The first-order chi connectivity index (χ1) is 11.6. The summed E-state index contributed by atoms with van der Waals surface area (Å²) in [6.07, 6.45) is 9.90. The summed E-state index contributed by atoms with van der Waals surface area (Å²) in [5, 5.41) is 0.598. The van der Waals surface area contributed by atoms with Crippen LogP contribution in [0.25, 0.3) is 5.69 Å². The third kappa shape index (κ3) is 3.45. The van der Waals surface area contributed by atoms with Gasteiger partial charge in [-0.1, -0.05) is 35.9 Å². The van der Waals surface area contributed by atoms with Gasteiger partial charge in [0.05, 0.1) is 5.69 Å². The Hall–Kier alpha value is -2.70. The zero-order chi connectivity index (χ0) is 17.1. The maximum Gasteiger partial charge on any atom is 0.356 e. The van der Waals surface area contributed by atoms with Gasteiger partial charge in [0, 0.05) is 5.02 Å². The average molecular weight is 342 g/mol. The van der Waals surface area contributed by atoms with Gasteiger partial charge in [-0.05, 0) is 48.8 Å². The van der Waals surface area contributed by atoms with E-state index in [1.807, 2.05) is 0 Å². The van der Waals surface area contributed by atoms with Crippen LogP contribution >= 0.6 is 11.6 Å². The zero-order valence-electron chi connectivity index (χ0n) is 13.0. The van der Waals surface area contributed by atoms with Gasteiger partial charge in [-0.15, -0.1) is 0 Å². The van der Waals surface area contributed by atoms with Crippen molar-refractivity contribution in [1.29, 1.82) is 0 Å². The van der Waals surface area contributed by atoms with Crippen LogP contribution in [0.3, 0.4) is 0 Å². The summed E-state index contributed by atoms with van der Waals surface area (Å²) >= 11 is 5.78. The number of hydrogen-bond acceptors (Lipinski definition) is 5. The van der Waals surface area contributed by atoms with Crippen molar-refractivity contribution in [3.8, 4) is 5.69 Å². The normalized spacial score (nSPS) is 14.0. The van der Waals surface area contributed by atoms with E-state index in [2.05, 4.69) is 39.7 Å². The van der Waals surface area contributed by atoms with Crippen molar-refractivity contribution in [2.24, 2.45) is 5.84 Å². The Morgan fingerprint density at radius 1 is 1.12 bits per heavy atom.